The molecular formula is C22H25N3O6S. The lowest BCUT2D eigenvalue weighted by atomic mass is 10.2. The summed E-state index contributed by atoms with van der Waals surface area (Å²) in [5.41, 5.74) is 0.779. The number of ether oxygens (including phenoxy) is 2. The van der Waals surface area contributed by atoms with Crippen LogP contribution in [0.15, 0.2) is 47.9 Å². The molecule has 3 N–H and O–H groups in total. The lowest BCUT2D eigenvalue weighted by molar-refractivity contribution is -0.150. The third-order valence-corrected chi connectivity index (χ3v) is 5.03. The van der Waals surface area contributed by atoms with E-state index in [1.807, 2.05) is 17.5 Å². The molecule has 0 saturated heterocycles. The van der Waals surface area contributed by atoms with Gasteiger partial charge >= 0.3 is 12.0 Å². The molecule has 0 bridgehead atoms. The number of rotatable bonds is 10. The smallest absolute Gasteiger partial charge is 0.328 e. The number of hydrogen-bond acceptors (Lipinski definition) is 7. The van der Waals surface area contributed by atoms with Crippen LogP contribution >= 0.6 is 11.3 Å². The van der Waals surface area contributed by atoms with Gasteiger partial charge in [0.05, 0.1) is 7.11 Å². The van der Waals surface area contributed by atoms with Crippen LogP contribution in [0.25, 0.3) is 6.08 Å². The molecule has 2 aromatic rings. The summed E-state index contributed by atoms with van der Waals surface area (Å²) in [5.74, 6) is -1.38. The summed E-state index contributed by atoms with van der Waals surface area (Å²) < 4.78 is 9.90. The molecule has 0 saturated carbocycles. The zero-order valence-corrected chi connectivity index (χ0v) is 18.6. The van der Waals surface area contributed by atoms with Crippen molar-refractivity contribution >= 4 is 41.2 Å². The van der Waals surface area contributed by atoms with Gasteiger partial charge in [-0.3, -0.25) is 14.9 Å². The van der Waals surface area contributed by atoms with Gasteiger partial charge in [-0.05, 0) is 48.6 Å². The Bertz CT molecular complexity index is 941. The van der Waals surface area contributed by atoms with Gasteiger partial charge in [0.25, 0.3) is 5.91 Å². The summed E-state index contributed by atoms with van der Waals surface area (Å²) in [4.78, 5) is 48.5. The van der Waals surface area contributed by atoms with E-state index in [9.17, 15) is 19.2 Å². The summed E-state index contributed by atoms with van der Waals surface area (Å²) in [7, 11) is 1.56. The maximum Gasteiger partial charge on any atom is 0.328 e. The van der Waals surface area contributed by atoms with Crippen molar-refractivity contribution in [3.8, 4) is 5.75 Å². The Kier molecular flexibility index (Phi) is 9.92. The van der Waals surface area contributed by atoms with Gasteiger partial charge in [0.15, 0.2) is 6.61 Å². The molecule has 1 aromatic carbocycles. The first kappa shape index (κ1) is 24.6. The quantitative estimate of drug-likeness (QED) is 0.368. The highest BCUT2D eigenvalue weighted by molar-refractivity contribution is 7.09. The molecule has 0 aliphatic rings. The molecule has 170 valence electrons. The van der Waals surface area contributed by atoms with Crippen molar-refractivity contribution in [3.05, 3.63) is 58.3 Å². The summed E-state index contributed by atoms with van der Waals surface area (Å²) >= 11 is 1.57. The van der Waals surface area contributed by atoms with Gasteiger partial charge in [-0.25, -0.2) is 9.59 Å². The highest BCUT2D eigenvalue weighted by Crippen LogP contribution is 2.12. The zero-order valence-electron chi connectivity index (χ0n) is 17.8. The van der Waals surface area contributed by atoms with Crippen LogP contribution in [0, 0.1) is 0 Å². The fourth-order valence-corrected chi connectivity index (χ4v) is 3.14. The number of thiophene rings is 1. The highest BCUT2D eigenvalue weighted by atomic mass is 32.1. The maximum atomic E-state index is 12.0. The first-order valence-corrected chi connectivity index (χ1v) is 10.6. The first-order valence-electron chi connectivity index (χ1n) is 9.76. The van der Waals surface area contributed by atoms with Crippen LogP contribution in [0.5, 0.6) is 5.75 Å². The van der Waals surface area contributed by atoms with Gasteiger partial charge in [0, 0.05) is 17.5 Å². The third-order valence-electron chi connectivity index (χ3n) is 4.09. The standard InChI is InChI=1S/C22H25N3O6S/c1-15(24-19(26)10-7-16-5-8-17(30-2)9-6-16)21(28)31-14-20(27)25-22(29)23-12-11-18-4-3-13-32-18/h3-10,13,15H,11-12,14H2,1-2H3,(H,24,26)(H2,23,25,27,29). The van der Waals surface area contributed by atoms with E-state index in [1.54, 1.807) is 48.8 Å². The van der Waals surface area contributed by atoms with Gasteiger partial charge in [0.1, 0.15) is 11.8 Å². The number of hydrogen-bond donors (Lipinski definition) is 3. The summed E-state index contributed by atoms with van der Waals surface area (Å²) in [6.45, 7) is 1.16. The van der Waals surface area contributed by atoms with E-state index < -0.39 is 36.5 Å². The molecular weight excluding hydrogens is 434 g/mol. The second-order valence-electron chi connectivity index (χ2n) is 6.58. The molecule has 0 aliphatic heterocycles. The molecule has 1 unspecified atom stereocenters. The van der Waals surface area contributed by atoms with Crippen LogP contribution in [0.4, 0.5) is 4.79 Å². The van der Waals surface area contributed by atoms with E-state index in [0.717, 1.165) is 10.4 Å². The molecule has 9 nitrogen and oxygen atoms in total. The minimum Gasteiger partial charge on any atom is -0.497 e. The number of nitrogens with one attached hydrogen (secondary N) is 3. The maximum absolute atomic E-state index is 12.0. The number of esters is 1. The van der Waals surface area contributed by atoms with Crippen LogP contribution in [-0.4, -0.2) is 50.1 Å². The van der Waals surface area contributed by atoms with Crippen molar-refractivity contribution in [3.63, 3.8) is 0 Å². The Balaban J connectivity index is 1.65. The summed E-state index contributed by atoms with van der Waals surface area (Å²) in [6, 6.07) is 9.28. The number of amides is 4. The molecule has 1 aromatic heterocycles. The van der Waals surface area contributed by atoms with Crippen LogP contribution in [0.2, 0.25) is 0 Å². The Hall–Kier alpha value is -3.66. The average molecular weight is 460 g/mol. The third kappa shape index (κ3) is 9.00. The number of urea groups is 1. The lowest BCUT2D eigenvalue weighted by Crippen LogP contribution is -2.43. The first-order chi connectivity index (χ1) is 15.4. The van der Waals surface area contributed by atoms with Gasteiger partial charge < -0.3 is 20.1 Å². The predicted octanol–water partition coefficient (Wildman–Crippen LogP) is 1.89. The topological polar surface area (TPSA) is 123 Å². The highest BCUT2D eigenvalue weighted by Gasteiger charge is 2.18. The van der Waals surface area contributed by atoms with Crippen molar-refractivity contribution in [1.82, 2.24) is 16.0 Å². The van der Waals surface area contributed by atoms with Gasteiger partial charge in [0.2, 0.25) is 5.91 Å². The Morgan fingerprint density at radius 3 is 2.53 bits per heavy atom. The molecule has 1 atom stereocenters. The SMILES string of the molecule is COc1ccc(C=CC(=O)NC(C)C(=O)OCC(=O)NC(=O)NCCc2cccs2)cc1. The van der Waals surface area contributed by atoms with E-state index in [0.29, 0.717) is 18.7 Å². The summed E-state index contributed by atoms with van der Waals surface area (Å²) in [6.07, 6.45) is 3.51. The fraction of sp³-hybridized carbons (Fsp3) is 0.273. The second-order valence-corrected chi connectivity index (χ2v) is 7.61. The van der Waals surface area contributed by atoms with Crippen LogP contribution in [0.1, 0.15) is 17.4 Å². The number of carbonyl (C=O) groups excluding carboxylic acids is 4. The number of carbonyl (C=O) groups is 4. The van der Waals surface area contributed by atoms with E-state index >= 15 is 0 Å². The molecule has 0 radical (unpaired) electrons. The minimum absolute atomic E-state index is 0.368. The number of imide groups is 1. The van der Waals surface area contributed by atoms with E-state index in [4.69, 9.17) is 9.47 Å². The van der Waals surface area contributed by atoms with Crippen molar-refractivity contribution in [1.29, 1.82) is 0 Å². The van der Waals surface area contributed by atoms with Gasteiger partial charge in [-0.2, -0.15) is 0 Å². The Labute approximate surface area is 189 Å². The lowest BCUT2D eigenvalue weighted by Gasteiger charge is -2.12. The molecule has 2 rings (SSSR count). The van der Waals surface area contributed by atoms with Gasteiger partial charge in [-0.15, -0.1) is 11.3 Å². The molecule has 32 heavy (non-hydrogen) atoms. The van der Waals surface area contributed by atoms with Crippen LogP contribution < -0.4 is 20.7 Å². The van der Waals surface area contributed by atoms with E-state index in [2.05, 4.69) is 16.0 Å². The number of benzene rings is 1. The van der Waals surface area contributed by atoms with Crippen molar-refractivity contribution in [2.75, 3.05) is 20.3 Å². The normalized spacial score (nSPS) is 11.4. The molecule has 0 aliphatic carbocycles. The van der Waals surface area contributed by atoms with Crippen LogP contribution in [0.3, 0.4) is 0 Å². The molecule has 0 fully saturated rings. The van der Waals surface area contributed by atoms with Crippen molar-refractivity contribution < 1.29 is 28.7 Å². The number of methoxy groups -OCH3 is 1. The monoisotopic (exact) mass is 459 g/mol. The molecule has 1 heterocycles. The largest absolute Gasteiger partial charge is 0.497 e. The Morgan fingerprint density at radius 1 is 1.12 bits per heavy atom. The minimum atomic E-state index is -0.976. The van der Waals surface area contributed by atoms with E-state index in [-0.39, 0.29) is 0 Å². The molecule has 4 amide bonds. The van der Waals surface area contributed by atoms with Crippen molar-refractivity contribution in [2.45, 2.75) is 19.4 Å². The molecule has 0 spiro atoms. The Morgan fingerprint density at radius 2 is 1.88 bits per heavy atom. The van der Waals surface area contributed by atoms with Gasteiger partial charge in [-0.1, -0.05) is 18.2 Å². The second kappa shape index (κ2) is 12.9. The van der Waals surface area contributed by atoms with E-state index in [1.165, 1.54) is 13.0 Å². The van der Waals surface area contributed by atoms with Crippen molar-refractivity contribution in [2.24, 2.45) is 0 Å². The average Bonchev–Trinajstić information content (AvgIpc) is 3.29. The fourth-order valence-electron chi connectivity index (χ4n) is 2.43. The van der Waals surface area contributed by atoms with Crippen LogP contribution in [-0.2, 0) is 25.5 Å². The summed E-state index contributed by atoms with van der Waals surface area (Å²) in [5, 5.41) is 9.00. The predicted molar refractivity (Wildman–Crippen MR) is 120 cm³/mol. The zero-order chi connectivity index (χ0) is 23.3. The molecule has 10 heteroatoms.